The van der Waals surface area contributed by atoms with Crippen molar-refractivity contribution >= 4 is 25.4 Å². The van der Waals surface area contributed by atoms with E-state index in [1.54, 1.807) is 6.92 Å². The Hall–Kier alpha value is -2.98. The summed E-state index contributed by atoms with van der Waals surface area (Å²) in [6, 6.07) is 0. The molecule has 10 nitrogen and oxygen atoms in total. The number of carbonyl (C=O) groups excluding carboxylic acids is 3. The second-order valence-electron chi connectivity index (χ2n) is 10.5. The number of Topliss-reactive ketones (excluding diaryl/α,β-unsaturated/α-hetero) is 2. The maximum absolute atomic E-state index is 13.1. The Morgan fingerprint density at radius 2 is 1.73 bits per heavy atom. The first kappa shape index (κ1) is 34.2. The largest absolute Gasteiger partial charge is 0.472 e. The molecule has 41 heavy (non-hydrogen) atoms. The molecule has 0 amide bonds. The fraction of sp³-hybridized carbons (Fsp3) is 0.433. The van der Waals surface area contributed by atoms with Gasteiger partial charge in [-0.15, -0.1) is 0 Å². The zero-order valence-electron chi connectivity index (χ0n) is 24.1. The van der Waals surface area contributed by atoms with E-state index in [0.717, 1.165) is 16.7 Å². The third-order valence-electron chi connectivity index (χ3n) is 6.53. The maximum Gasteiger partial charge on any atom is 0.472 e. The van der Waals surface area contributed by atoms with E-state index < -0.39 is 61.8 Å². The van der Waals surface area contributed by atoms with Gasteiger partial charge in [0.1, 0.15) is 12.2 Å². The summed E-state index contributed by atoms with van der Waals surface area (Å²) < 4.78 is 27.1. The van der Waals surface area contributed by atoms with Gasteiger partial charge in [-0.1, -0.05) is 85.8 Å². The summed E-state index contributed by atoms with van der Waals surface area (Å²) in [6.07, 6.45) is 12.6. The van der Waals surface area contributed by atoms with E-state index in [1.165, 1.54) is 0 Å². The van der Waals surface area contributed by atoms with Gasteiger partial charge in [-0.3, -0.25) is 18.6 Å². The van der Waals surface area contributed by atoms with Crippen LogP contribution in [0, 0.1) is 5.41 Å². The van der Waals surface area contributed by atoms with Gasteiger partial charge in [-0.2, -0.15) is 0 Å². The Bertz CT molecular complexity index is 1280. The minimum absolute atomic E-state index is 0.0810. The van der Waals surface area contributed by atoms with Crippen LogP contribution in [0.2, 0.25) is 0 Å². The number of aliphatic hydroxyl groups excluding tert-OH is 2. The van der Waals surface area contributed by atoms with Crippen LogP contribution in [0.4, 0.5) is 0 Å². The lowest BCUT2D eigenvalue weighted by atomic mass is 9.71. The van der Waals surface area contributed by atoms with Crippen LogP contribution in [0.5, 0.6) is 0 Å². The summed E-state index contributed by atoms with van der Waals surface area (Å²) in [5.74, 6) is -2.81. The highest BCUT2D eigenvalue weighted by atomic mass is 31.2. The molecule has 1 aliphatic heterocycles. The number of hydrogen-bond acceptors (Lipinski definition) is 9. The molecule has 2 rings (SSSR count). The first-order chi connectivity index (χ1) is 19.1. The molecule has 224 valence electrons. The van der Waals surface area contributed by atoms with Gasteiger partial charge < -0.3 is 19.8 Å². The lowest BCUT2D eigenvalue weighted by molar-refractivity contribution is -0.151. The number of ketones is 2. The van der Waals surface area contributed by atoms with Crippen LogP contribution in [-0.2, 0) is 32.7 Å². The van der Waals surface area contributed by atoms with Gasteiger partial charge in [0, 0.05) is 0 Å². The molecule has 0 saturated carbocycles. The van der Waals surface area contributed by atoms with Gasteiger partial charge in [0.05, 0.1) is 6.61 Å². The molecule has 0 aromatic carbocycles. The van der Waals surface area contributed by atoms with E-state index >= 15 is 0 Å². The van der Waals surface area contributed by atoms with Gasteiger partial charge in [0.15, 0.2) is 11.9 Å². The molecule has 0 bridgehead atoms. The molecule has 0 radical (unpaired) electrons. The summed E-state index contributed by atoms with van der Waals surface area (Å²) in [5, 5.41) is 19.4. The van der Waals surface area contributed by atoms with E-state index in [0.29, 0.717) is 5.57 Å². The Kier molecular flexibility index (Phi) is 12.3. The van der Waals surface area contributed by atoms with E-state index in [2.05, 4.69) is 4.74 Å². The fourth-order valence-electron chi connectivity index (χ4n) is 4.28. The van der Waals surface area contributed by atoms with Crippen LogP contribution in [-0.4, -0.2) is 63.7 Å². The Labute approximate surface area is 240 Å². The molecule has 0 spiro atoms. The van der Waals surface area contributed by atoms with E-state index in [4.69, 9.17) is 9.05 Å². The van der Waals surface area contributed by atoms with E-state index in [9.17, 15) is 34.1 Å². The summed E-state index contributed by atoms with van der Waals surface area (Å²) in [7, 11) is -4.87. The van der Waals surface area contributed by atoms with Crippen LogP contribution < -0.4 is 0 Å². The number of esters is 1. The number of rotatable bonds is 12. The number of phosphoric ester groups is 1. The van der Waals surface area contributed by atoms with Crippen molar-refractivity contribution < 1.29 is 47.8 Å². The third-order valence-corrected chi connectivity index (χ3v) is 7.53. The summed E-state index contributed by atoms with van der Waals surface area (Å²) in [5.41, 5.74) is 2.56. The molecular formula is C30H39O10P. The number of aliphatic hydroxyl groups is 2. The summed E-state index contributed by atoms with van der Waals surface area (Å²) >= 11 is 0. The highest BCUT2D eigenvalue weighted by Gasteiger charge is 2.47. The van der Waals surface area contributed by atoms with Crippen molar-refractivity contribution in [3.8, 4) is 0 Å². The molecule has 0 aromatic rings. The van der Waals surface area contributed by atoms with Gasteiger partial charge in [-0.25, -0.2) is 9.36 Å². The van der Waals surface area contributed by atoms with Gasteiger partial charge in [0.2, 0.25) is 11.9 Å². The van der Waals surface area contributed by atoms with Crippen LogP contribution >= 0.6 is 7.82 Å². The molecule has 3 N–H and O–H groups in total. The monoisotopic (exact) mass is 590 g/mol. The number of allylic oxidation sites excluding steroid dienone is 13. The normalized spacial score (nSPS) is 26.7. The van der Waals surface area contributed by atoms with Crippen molar-refractivity contribution in [1.29, 1.82) is 0 Å². The van der Waals surface area contributed by atoms with Gasteiger partial charge in [-0.05, 0) is 50.7 Å². The molecule has 5 atom stereocenters. The van der Waals surface area contributed by atoms with Crippen LogP contribution in [0.3, 0.4) is 0 Å². The molecule has 1 heterocycles. The number of hydrogen-bond donors (Lipinski definition) is 3. The van der Waals surface area contributed by atoms with E-state index in [1.807, 2.05) is 95.4 Å². The molecule has 0 aromatic heterocycles. The quantitative estimate of drug-likeness (QED) is 0.131. The maximum atomic E-state index is 13.1. The smallest absolute Gasteiger partial charge is 0.449 e. The second-order valence-corrected chi connectivity index (χ2v) is 11.9. The van der Waals surface area contributed by atoms with Crippen molar-refractivity contribution in [2.24, 2.45) is 5.41 Å². The van der Waals surface area contributed by atoms with Crippen LogP contribution in [0.15, 0.2) is 83.1 Å². The predicted molar refractivity (Wildman–Crippen MR) is 153 cm³/mol. The Morgan fingerprint density at radius 3 is 2.34 bits per heavy atom. The van der Waals surface area contributed by atoms with Crippen molar-refractivity contribution in [3.05, 3.63) is 83.1 Å². The zero-order valence-corrected chi connectivity index (χ0v) is 25.0. The standard InChI is InChI=1S/C30H39O10P/c1-7-8-9-10-12-19(2)13-11-14-20(3)15-16-22-21(4)25(32)24(17-30(22,5)6)40-41(36,37)38-18-23(31)28-26(33)27(34)29(35)39-28/h7-16,23-24,27-28,31,34H,17-18H2,1-6H3,(H,36,37)/t23-,24?,27?,28+/m0/s1. The number of ether oxygens (including phenoxy) is 1. The van der Waals surface area contributed by atoms with Crippen molar-refractivity contribution in [1.82, 2.24) is 0 Å². The minimum Gasteiger partial charge on any atom is -0.449 e. The Balaban J connectivity index is 2.06. The fourth-order valence-corrected chi connectivity index (χ4v) is 5.17. The average molecular weight is 591 g/mol. The lowest BCUT2D eigenvalue weighted by Crippen LogP contribution is -2.38. The minimum atomic E-state index is -4.87. The second kappa shape index (κ2) is 14.8. The van der Waals surface area contributed by atoms with Crippen molar-refractivity contribution in [2.75, 3.05) is 6.61 Å². The first-order valence-corrected chi connectivity index (χ1v) is 14.6. The topological polar surface area (TPSA) is 157 Å². The van der Waals surface area contributed by atoms with Crippen LogP contribution in [0.25, 0.3) is 0 Å². The van der Waals surface area contributed by atoms with Crippen molar-refractivity contribution in [2.45, 2.75) is 72.4 Å². The number of cyclic esters (lactones) is 1. The molecule has 11 heteroatoms. The summed E-state index contributed by atoms with van der Waals surface area (Å²) in [4.78, 5) is 46.3. The van der Waals surface area contributed by atoms with Crippen molar-refractivity contribution in [3.63, 3.8) is 0 Å². The average Bonchev–Trinajstić information content (AvgIpc) is 3.15. The third kappa shape index (κ3) is 9.81. The van der Waals surface area contributed by atoms with Gasteiger partial charge >= 0.3 is 13.8 Å². The summed E-state index contributed by atoms with van der Waals surface area (Å²) in [6.45, 7) is 10.3. The highest BCUT2D eigenvalue weighted by molar-refractivity contribution is 7.47. The predicted octanol–water partition coefficient (Wildman–Crippen LogP) is 4.16. The molecule has 3 unspecified atom stereocenters. The highest BCUT2D eigenvalue weighted by Crippen LogP contribution is 2.50. The SMILES string of the molecule is CC=CC=CC=C(C)C=CC=C(C)C=CC1=C(C)C(=O)C(OP(=O)(O)OC[C@H](O)[C@H]2OC(=O)C(O)C2=O)CC1(C)C. The molecule has 2 aliphatic rings. The molecule has 1 saturated heterocycles. The molecular weight excluding hydrogens is 551 g/mol. The van der Waals surface area contributed by atoms with E-state index in [-0.39, 0.29) is 6.42 Å². The lowest BCUT2D eigenvalue weighted by Gasteiger charge is -2.36. The number of carbonyl (C=O) groups is 3. The molecule has 1 aliphatic carbocycles. The zero-order chi connectivity index (χ0) is 31.0. The van der Waals surface area contributed by atoms with Gasteiger partial charge in [0.25, 0.3) is 0 Å². The molecule has 1 fully saturated rings. The number of phosphoric acid groups is 1. The first-order valence-electron chi connectivity index (χ1n) is 13.1. The van der Waals surface area contributed by atoms with Crippen LogP contribution in [0.1, 0.15) is 48.0 Å². The Morgan fingerprint density at radius 1 is 1.10 bits per heavy atom.